The molecule has 0 heterocycles. The van der Waals surface area contributed by atoms with Crippen LogP contribution in [0.4, 0.5) is 5.69 Å². The first kappa shape index (κ1) is 22.0. The quantitative estimate of drug-likeness (QED) is 0.565. The number of amides is 1. The number of esters is 1. The number of carbonyl (C=O) groups is 2. The summed E-state index contributed by atoms with van der Waals surface area (Å²) < 4.78 is 34.2. The highest BCUT2D eigenvalue weighted by Gasteiger charge is 2.26. The maximum absolute atomic E-state index is 13.0. The Bertz CT molecular complexity index is 1190. The molecule has 0 bridgehead atoms. The van der Waals surface area contributed by atoms with Gasteiger partial charge in [0.15, 0.2) is 9.84 Å². The van der Waals surface area contributed by atoms with Crippen molar-refractivity contribution in [3.05, 3.63) is 90.0 Å². The highest BCUT2D eigenvalue weighted by molar-refractivity contribution is 7.90. The Kier molecular flexibility index (Phi) is 6.71. The number of anilines is 1. The molecule has 0 unspecified atom stereocenters. The fourth-order valence-electron chi connectivity index (χ4n) is 2.84. The van der Waals surface area contributed by atoms with E-state index in [9.17, 15) is 18.0 Å². The number of methoxy groups -OCH3 is 1. The summed E-state index contributed by atoms with van der Waals surface area (Å²) in [7, 11) is -1.99. The van der Waals surface area contributed by atoms with E-state index in [4.69, 9.17) is 9.47 Å². The third-order valence-corrected chi connectivity index (χ3v) is 5.51. The number of hydrogen-bond acceptors (Lipinski definition) is 6. The number of ether oxygens (including phenoxy) is 2. The highest BCUT2D eigenvalue weighted by Crippen LogP contribution is 2.24. The summed E-state index contributed by atoms with van der Waals surface area (Å²) in [6.45, 7) is 0. The van der Waals surface area contributed by atoms with Crippen LogP contribution >= 0.6 is 0 Å². The van der Waals surface area contributed by atoms with Crippen molar-refractivity contribution in [2.24, 2.45) is 0 Å². The summed E-state index contributed by atoms with van der Waals surface area (Å²) in [6.07, 6.45) is -0.201. The van der Waals surface area contributed by atoms with Crippen LogP contribution in [-0.2, 0) is 19.4 Å². The van der Waals surface area contributed by atoms with Crippen molar-refractivity contribution < 1.29 is 27.5 Å². The van der Waals surface area contributed by atoms with Gasteiger partial charge in [-0.25, -0.2) is 13.2 Å². The van der Waals surface area contributed by atoms with E-state index >= 15 is 0 Å². The average molecular weight is 439 g/mol. The molecule has 0 spiro atoms. The molecule has 0 aliphatic carbocycles. The molecule has 1 amide bonds. The molecule has 0 radical (unpaired) electrons. The molecule has 0 aliphatic heterocycles. The van der Waals surface area contributed by atoms with E-state index < -0.39 is 27.8 Å². The predicted molar refractivity (Wildman–Crippen MR) is 116 cm³/mol. The molecule has 31 heavy (non-hydrogen) atoms. The molecular formula is C23H21NO6S. The first-order valence-corrected chi connectivity index (χ1v) is 11.2. The molecule has 0 saturated carbocycles. The van der Waals surface area contributed by atoms with E-state index in [1.54, 1.807) is 54.6 Å². The van der Waals surface area contributed by atoms with Crippen LogP contribution in [0.5, 0.6) is 5.75 Å². The summed E-state index contributed by atoms with van der Waals surface area (Å²) in [5, 5.41) is 2.72. The van der Waals surface area contributed by atoms with E-state index in [0.29, 0.717) is 17.0 Å². The minimum atomic E-state index is -3.50. The monoisotopic (exact) mass is 439 g/mol. The lowest BCUT2D eigenvalue weighted by Crippen LogP contribution is -2.26. The van der Waals surface area contributed by atoms with Gasteiger partial charge in [0, 0.05) is 23.6 Å². The molecule has 8 heteroatoms. The van der Waals surface area contributed by atoms with Gasteiger partial charge in [0.2, 0.25) is 6.10 Å². The van der Waals surface area contributed by atoms with Crippen molar-refractivity contribution in [3.63, 3.8) is 0 Å². The molecule has 1 atom stereocenters. The third-order valence-electron chi connectivity index (χ3n) is 4.40. The van der Waals surface area contributed by atoms with Crippen molar-refractivity contribution >= 4 is 27.4 Å². The van der Waals surface area contributed by atoms with Gasteiger partial charge in [0.1, 0.15) is 5.75 Å². The Morgan fingerprint density at radius 2 is 1.61 bits per heavy atom. The number of carbonyl (C=O) groups excluding carboxylic acids is 2. The number of sulfone groups is 1. The van der Waals surface area contributed by atoms with Crippen molar-refractivity contribution in [2.45, 2.75) is 11.0 Å². The Labute approximate surface area is 180 Å². The zero-order valence-electron chi connectivity index (χ0n) is 16.9. The second kappa shape index (κ2) is 9.44. The maximum atomic E-state index is 13.0. The van der Waals surface area contributed by atoms with Crippen LogP contribution in [0, 0.1) is 0 Å². The van der Waals surface area contributed by atoms with Gasteiger partial charge >= 0.3 is 5.97 Å². The smallest absolute Gasteiger partial charge is 0.339 e. The van der Waals surface area contributed by atoms with Gasteiger partial charge in [-0.15, -0.1) is 0 Å². The van der Waals surface area contributed by atoms with Gasteiger partial charge in [-0.05, 0) is 30.3 Å². The fourth-order valence-corrected chi connectivity index (χ4v) is 3.50. The van der Waals surface area contributed by atoms with Gasteiger partial charge in [0.25, 0.3) is 5.91 Å². The molecular weight excluding hydrogens is 418 g/mol. The number of nitrogens with one attached hydrogen (secondary N) is 1. The van der Waals surface area contributed by atoms with Crippen LogP contribution in [0.15, 0.2) is 83.8 Å². The van der Waals surface area contributed by atoms with Crippen molar-refractivity contribution in [2.75, 3.05) is 18.7 Å². The summed E-state index contributed by atoms with van der Waals surface area (Å²) in [5.74, 6) is -0.823. The van der Waals surface area contributed by atoms with Crippen LogP contribution in [0.3, 0.4) is 0 Å². The van der Waals surface area contributed by atoms with E-state index in [0.717, 1.165) is 6.26 Å². The lowest BCUT2D eigenvalue weighted by molar-refractivity contribution is -0.125. The molecule has 3 aromatic carbocycles. The normalized spacial score (nSPS) is 11.9. The first-order valence-electron chi connectivity index (χ1n) is 9.29. The molecule has 1 N–H and O–H groups in total. The summed E-state index contributed by atoms with van der Waals surface area (Å²) >= 11 is 0. The van der Waals surface area contributed by atoms with E-state index in [-0.39, 0.29) is 10.5 Å². The maximum Gasteiger partial charge on any atom is 0.339 e. The van der Waals surface area contributed by atoms with E-state index in [2.05, 4.69) is 5.32 Å². The lowest BCUT2D eigenvalue weighted by atomic mass is 10.1. The molecule has 3 aromatic rings. The average Bonchev–Trinajstić information content (AvgIpc) is 2.77. The zero-order chi connectivity index (χ0) is 22.4. The first-order chi connectivity index (χ1) is 14.8. The summed E-state index contributed by atoms with van der Waals surface area (Å²) in [5.41, 5.74) is 0.967. The van der Waals surface area contributed by atoms with Crippen molar-refractivity contribution in [3.8, 4) is 5.75 Å². The van der Waals surface area contributed by atoms with Crippen molar-refractivity contribution in [1.29, 1.82) is 0 Å². The molecule has 7 nitrogen and oxygen atoms in total. The second-order valence-corrected chi connectivity index (χ2v) is 8.73. The van der Waals surface area contributed by atoms with Crippen LogP contribution in [0.25, 0.3) is 0 Å². The molecule has 0 aromatic heterocycles. The van der Waals surface area contributed by atoms with Crippen LogP contribution < -0.4 is 10.1 Å². The SMILES string of the molecule is COc1cccc(NC(=O)[C@@H](OC(=O)c2cccc(S(C)(=O)=O)c2)c2ccccc2)c1. The Morgan fingerprint density at radius 3 is 2.29 bits per heavy atom. The second-order valence-electron chi connectivity index (χ2n) is 6.72. The Morgan fingerprint density at radius 1 is 0.903 bits per heavy atom. The molecule has 160 valence electrons. The highest BCUT2D eigenvalue weighted by atomic mass is 32.2. The molecule has 0 aliphatic rings. The van der Waals surface area contributed by atoms with E-state index in [1.165, 1.54) is 31.4 Å². The summed E-state index contributed by atoms with van der Waals surface area (Å²) in [4.78, 5) is 25.7. The van der Waals surface area contributed by atoms with Gasteiger partial charge in [-0.1, -0.05) is 42.5 Å². The standard InChI is InChI=1S/C23H21NO6S/c1-29-19-12-7-11-18(15-19)24-22(25)21(16-8-4-3-5-9-16)30-23(26)17-10-6-13-20(14-17)31(2,27)28/h3-15,21H,1-2H3,(H,24,25)/t21-/m0/s1. The number of benzene rings is 3. The largest absolute Gasteiger partial charge is 0.497 e. The van der Waals surface area contributed by atoms with Crippen LogP contribution in [0.1, 0.15) is 22.0 Å². The third kappa shape index (κ3) is 5.70. The van der Waals surface area contributed by atoms with Gasteiger partial charge in [-0.2, -0.15) is 0 Å². The van der Waals surface area contributed by atoms with Crippen molar-refractivity contribution in [1.82, 2.24) is 0 Å². The molecule has 0 saturated heterocycles. The molecule has 0 fully saturated rings. The number of rotatable bonds is 7. The Balaban J connectivity index is 1.88. The topological polar surface area (TPSA) is 98.8 Å². The zero-order valence-corrected chi connectivity index (χ0v) is 17.8. The molecule has 3 rings (SSSR count). The van der Waals surface area contributed by atoms with Gasteiger partial charge < -0.3 is 14.8 Å². The van der Waals surface area contributed by atoms with E-state index in [1.807, 2.05) is 0 Å². The summed E-state index contributed by atoms with van der Waals surface area (Å²) in [6, 6.07) is 20.8. The predicted octanol–water partition coefficient (Wildman–Crippen LogP) is 3.64. The van der Waals surface area contributed by atoms with Gasteiger partial charge in [0.05, 0.1) is 17.6 Å². The minimum Gasteiger partial charge on any atom is -0.497 e. The van der Waals surface area contributed by atoms with Crippen LogP contribution in [0.2, 0.25) is 0 Å². The van der Waals surface area contributed by atoms with Crippen LogP contribution in [-0.4, -0.2) is 33.7 Å². The lowest BCUT2D eigenvalue weighted by Gasteiger charge is -2.18. The Hall–Kier alpha value is -3.65. The fraction of sp³-hybridized carbons (Fsp3) is 0.130. The number of hydrogen-bond donors (Lipinski definition) is 1. The van der Waals surface area contributed by atoms with Gasteiger partial charge in [-0.3, -0.25) is 4.79 Å². The minimum absolute atomic E-state index is 0.0148.